The Morgan fingerprint density at radius 2 is 1.80 bits per heavy atom. The number of ether oxygens (including phenoxy) is 3. The molecule has 0 amide bonds. The molecule has 7 heteroatoms. The Morgan fingerprint density at radius 1 is 1.10 bits per heavy atom. The molecule has 1 heterocycles. The van der Waals surface area contributed by atoms with Crippen LogP contribution in [0.3, 0.4) is 0 Å². The first-order chi connectivity index (χ1) is 9.86. The zero-order valence-electron chi connectivity index (χ0n) is 12.1. The maximum atomic E-state index is 11.7. The molecule has 0 saturated carbocycles. The molecule has 0 fully saturated rings. The van der Waals surface area contributed by atoms with E-state index in [0.29, 0.717) is 33.0 Å². The fourth-order valence-corrected chi connectivity index (χ4v) is 1.51. The van der Waals surface area contributed by atoms with Crippen LogP contribution in [0, 0.1) is 0 Å². The van der Waals surface area contributed by atoms with Gasteiger partial charge in [0, 0.05) is 6.54 Å². The van der Waals surface area contributed by atoms with Gasteiger partial charge in [0.05, 0.1) is 45.8 Å². The predicted molar refractivity (Wildman–Crippen MR) is 72.2 cm³/mol. The van der Waals surface area contributed by atoms with Crippen molar-refractivity contribution in [3.8, 4) is 0 Å². The first-order valence-electron chi connectivity index (χ1n) is 7.05. The normalized spacial score (nSPS) is 11.1. The molecule has 0 N–H and O–H groups in total. The molecule has 0 radical (unpaired) electrons. The highest BCUT2D eigenvalue weighted by atomic mass is 18.2. The lowest BCUT2D eigenvalue weighted by molar-refractivity contribution is 0.00811. The van der Waals surface area contributed by atoms with E-state index in [1.807, 2.05) is 10.9 Å². The van der Waals surface area contributed by atoms with Gasteiger partial charge in [-0.1, -0.05) is 18.6 Å². The fourth-order valence-electron chi connectivity index (χ4n) is 1.51. The first kappa shape index (κ1) is 17.0. The van der Waals surface area contributed by atoms with Crippen molar-refractivity contribution < 1.29 is 18.6 Å². The van der Waals surface area contributed by atoms with Crippen LogP contribution < -0.4 is 0 Å². The second-order valence-electron chi connectivity index (χ2n) is 4.29. The van der Waals surface area contributed by atoms with E-state index >= 15 is 0 Å². The van der Waals surface area contributed by atoms with Gasteiger partial charge in [-0.05, 0) is 6.42 Å². The molecule has 0 bridgehead atoms. The predicted octanol–water partition coefficient (Wildman–Crippen LogP) is 1.60. The van der Waals surface area contributed by atoms with E-state index in [0.717, 1.165) is 25.1 Å². The summed E-state index contributed by atoms with van der Waals surface area (Å²) < 4.78 is 29.2. The van der Waals surface area contributed by atoms with Crippen molar-refractivity contribution in [3.05, 3.63) is 11.9 Å². The van der Waals surface area contributed by atoms with E-state index < -0.39 is 6.67 Å². The standard InChI is InChI=1S/C13H24FN3O3/c1-2-3-5-17-11-13(15-16-17)12-20-10-9-19-8-7-18-6-4-14/h11H,2-10,12H2,1H3/i14-1. The molecule has 0 aliphatic heterocycles. The summed E-state index contributed by atoms with van der Waals surface area (Å²) in [4.78, 5) is 0. The minimum atomic E-state index is -0.456. The number of hydrogen-bond donors (Lipinski definition) is 0. The minimum absolute atomic E-state index is 0.132. The van der Waals surface area contributed by atoms with Crippen molar-refractivity contribution in [2.45, 2.75) is 32.9 Å². The number of aryl methyl sites for hydroxylation is 1. The Kier molecular flexibility index (Phi) is 9.99. The molecule has 0 spiro atoms. The fraction of sp³-hybridized carbons (Fsp3) is 0.846. The van der Waals surface area contributed by atoms with Crippen molar-refractivity contribution in [2.24, 2.45) is 0 Å². The summed E-state index contributed by atoms with van der Waals surface area (Å²) in [5.74, 6) is 0. The van der Waals surface area contributed by atoms with E-state index in [2.05, 4.69) is 17.2 Å². The van der Waals surface area contributed by atoms with Gasteiger partial charge in [-0.3, -0.25) is 4.68 Å². The average Bonchev–Trinajstić information content (AvgIpc) is 2.91. The van der Waals surface area contributed by atoms with Gasteiger partial charge in [-0.15, -0.1) is 5.10 Å². The zero-order valence-corrected chi connectivity index (χ0v) is 12.1. The van der Waals surface area contributed by atoms with Crippen LogP contribution >= 0.6 is 0 Å². The lowest BCUT2D eigenvalue weighted by atomic mass is 10.3. The lowest BCUT2D eigenvalue weighted by Gasteiger charge is -2.04. The van der Waals surface area contributed by atoms with Gasteiger partial charge in [0.2, 0.25) is 0 Å². The van der Waals surface area contributed by atoms with Crippen LogP contribution in [0.5, 0.6) is 0 Å². The van der Waals surface area contributed by atoms with Crippen LogP contribution in [0.25, 0.3) is 0 Å². The molecule has 0 aliphatic carbocycles. The quantitative estimate of drug-likeness (QED) is 0.516. The number of alkyl halides is 1. The van der Waals surface area contributed by atoms with Gasteiger partial charge in [0.1, 0.15) is 12.4 Å². The molecule has 0 unspecified atom stereocenters. The van der Waals surface area contributed by atoms with Gasteiger partial charge in [0.25, 0.3) is 0 Å². The monoisotopic (exact) mass is 288 g/mol. The van der Waals surface area contributed by atoms with Crippen molar-refractivity contribution in [2.75, 3.05) is 39.7 Å². The van der Waals surface area contributed by atoms with Crippen molar-refractivity contribution in [3.63, 3.8) is 0 Å². The topological polar surface area (TPSA) is 58.4 Å². The molecule has 1 rings (SSSR count). The maximum absolute atomic E-state index is 11.7. The van der Waals surface area contributed by atoms with E-state index in [1.54, 1.807) is 0 Å². The number of nitrogens with zero attached hydrogens (tertiary/aromatic N) is 3. The minimum Gasteiger partial charge on any atom is -0.377 e. The van der Waals surface area contributed by atoms with Crippen molar-refractivity contribution in [1.29, 1.82) is 0 Å². The molecule has 0 atom stereocenters. The van der Waals surface area contributed by atoms with E-state index in [9.17, 15) is 4.39 Å². The van der Waals surface area contributed by atoms with E-state index in [1.165, 1.54) is 0 Å². The Morgan fingerprint density at radius 3 is 2.50 bits per heavy atom. The summed E-state index contributed by atoms with van der Waals surface area (Å²) in [5.41, 5.74) is 0.826. The number of unbranched alkanes of at least 4 members (excludes halogenated alkanes) is 1. The Bertz CT molecular complexity index is 336. The highest BCUT2D eigenvalue weighted by Gasteiger charge is 2.00. The van der Waals surface area contributed by atoms with Gasteiger partial charge in [0.15, 0.2) is 0 Å². The summed E-state index contributed by atoms with van der Waals surface area (Å²) in [6.07, 6.45) is 4.14. The van der Waals surface area contributed by atoms with Gasteiger partial charge >= 0.3 is 0 Å². The summed E-state index contributed by atoms with van der Waals surface area (Å²) in [6.45, 7) is 5.00. The van der Waals surface area contributed by atoms with Crippen LogP contribution in [0.2, 0.25) is 0 Å². The number of rotatable bonds is 13. The smallest absolute Gasteiger partial charge is 0.113 e. The molecule has 0 aliphatic rings. The zero-order chi connectivity index (χ0) is 14.5. The maximum Gasteiger partial charge on any atom is 0.113 e. The second-order valence-corrected chi connectivity index (χ2v) is 4.29. The van der Waals surface area contributed by atoms with Gasteiger partial charge < -0.3 is 14.2 Å². The molecule has 0 aromatic carbocycles. The van der Waals surface area contributed by atoms with Crippen LogP contribution in [0.1, 0.15) is 25.5 Å². The molecule has 20 heavy (non-hydrogen) atoms. The third kappa shape index (κ3) is 8.19. The Labute approximate surface area is 119 Å². The van der Waals surface area contributed by atoms with E-state index in [-0.39, 0.29) is 6.61 Å². The van der Waals surface area contributed by atoms with Crippen LogP contribution in [-0.2, 0) is 27.4 Å². The molecular formula is C13H24FN3O3. The summed E-state index contributed by atoms with van der Waals surface area (Å²) in [7, 11) is 0. The van der Waals surface area contributed by atoms with Crippen LogP contribution in [0.4, 0.5) is 4.39 Å². The molecule has 1 aromatic heterocycles. The van der Waals surface area contributed by atoms with Crippen LogP contribution in [-0.4, -0.2) is 54.7 Å². The SMILES string of the molecule is CCCCn1cc(COCCOCCOCC[18F])nn1. The second kappa shape index (κ2) is 11.7. The van der Waals surface area contributed by atoms with Crippen molar-refractivity contribution in [1.82, 2.24) is 15.0 Å². The Hall–Kier alpha value is -1.05. The average molecular weight is 288 g/mol. The molecular weight excluding hydrogens is 264 g/mol. The number of aromatic nitrogens is 3. The van der Waals surface area contributed by atoms with Gasteiger partial charge in [-0.2, -0.15) is 0 Å². The largest absolute Gasteiger partial charge is 0.377 e. The third-order valence-electron chi connectivity index (χ3n) is 2.54. The molecule has 1 aromatic rings. The van der Waals surface area contributed by atoms with Crippen molar-refractivity contribution >= 4 is 0 Å². The summed E-state index contributed by atoms with van der Waals surface area (Å²) >= 11 is 0. The highest BCUT2D eigenvalue weighted by Crippen LogP contribution is 1.98. The van der Waals surface area contributed by atoms with Crippen LogP contribution in [0.15, 0.2) is 6.20 Å². The van der Waals surface area contributed by atoms with Gasteiger partial charge in [-0.25, -0.2) is 4.39 Å². The summed E-state index contributed by atoms with van der Waals surface area (Å²) in [5, 5.41) is 8.05. The van der Waals surface area contributed by atoms with E-state index in [4.69, 9.17) is 14.2 Å². The lowest BCUT2D eigenvalue weighted by Crippen LogP contribution is -2.10. The number of hydrogen-bond acceptors (Lipinski definition) is 5. The molecule has 116 valence electrons. The summed E-state index contributed by atoms with van der Waals surface area (Å²) in [6, 6.07) is 0. The molecule has 0 saturated heterocycles. The number of halogens is 1. The Balaban J connectivity index is 1.94. The first-order valence-corrected chi connectivity index (χ1v) is 7.05. The highest BCUT2D eigenvalue weighted by molar-refractivity contribution is 4.89. The molecule has 6 nitrogen and oxygen atoms in total. The third-order valence-corrected chi connectivity index (χ3v) is 2.54.